The van der Waals surface area contributed by atoms with E-state index in [9.17, 15) is 19.1 Å². The van der Waals surface area contributed by atoms with Crippen molar-refractivity contribution in [2.45, 2.75) is 25.7 Å². The standard InChI is InChI=1S/C24H26FN3O3/c25-19-5-7-20(8-6-19)27-24(31)28-12-10-17(14-23(29)30)18(15-28)13-22-21-4-2-1-3-16(21)9-11-26-22/h1-8,17-18H,9-15H2,(H,27,31)(H,29,30)/t17-,18-/m0/s1. The summed E-state index contributed by atoms with van der Waals surface area (Å²) < 4.78 is 13.1. The van der Waals surface area contributed by atoms with E-state index >= 15 is 0 Å². The molecule has 0 unspecified atom stereocenters. The van der Waals surface area contributed by atoms with Gasteiger partial charge in [0.2, 0.25) is 0 Å². The van der Waals surface area contributed by atoms with Crippen molar-refractivity contribution in [3.63, 3.8) is 0 Å². The minimum atomic E-state index is -0.815. The Hall–Kier alpha value is -3.22. The summed E-state index contributed by atoms with van der Waals surface area (Å²) in [6.45, 7) is 1.69. The largest absolute Gasteiger partial charge is 0.481 e. The summed E-state index contributed by atoms with van der Waals surface area (Å²) in [5.41, 5.74) is 3.93. The average Bonchev–Trinajstić information content (AvgIpc) is 2.76. The molecule has 2 aromatic carbocycles. The highest BCUT2D eigenvalue weighted by atomic mass is 19.1. The molecular weight excluding hydrogens is 397 g/mol. The number of piperidine rings is 1. The number of nitrogens with zero attached hydrogens (tertiary/aromatic N) is 2. The Balaban J connectivity index is 1.49. The predicted molar refractivity (Wildman–Crippen MR) is 117 cm³/mol. The molecular formula is C24H26FN3O3. The van der Waals surface area contributed by atoms with Crippen LogP contribution in [0.15, 0.2) is 53.5 Å². The van der Waals surface area contributed by atoms with Crippen molar-refractivity contribution in [2.24, 2.45) is 16.8 Å². The maximum absolute atomic E-state index is 13.1. The number of benzene rings is 2. The van der Waals surface area contributed by atoms with Crippen LogP contribution in [-0.4, -0.2) is 47.4 Å². The predicted octanol–water partition coefficient (Wildman–Crippen LogP) is 4.21. The van der Waals surface area contributed by atoms with Gasteiger partial charge in [-0.3, -0.25) is 9.79 Å². The van der Waals surface area contributed by atoms with Crippen LogP contribution in [0.5, 0.6) is 0 Å². The minimum Gasteiger partial charge on any atom is -0.481 e. The van der Waals surface area contributed by atoms with Crippen LogP contribution in [0.1, 0.15) is 30.4 Å². The van der Waals surface area contributed by atoms with E-state index in [0.717, 1.165) is 24.2 Å². The topological polar surface area (TPSA) is 82.0 Å². The van der Waals surface area contributed by atoms with Crippen molar-refractivity contribution < 1.29 is 19.1 Å². The molecule has 0 aliphatic carbocycles. The average molecular weight is 423 g/mol. The normalized spacial score (nSPS) is 20.5. The van der Waals surface area contributed by atoms with Crippen molar-refractivity contribution >= 4 is 23.4 Å². The zero-order chi connectivity index (χ0) is 21.8. The number of carbonyl (C=O) groups is 2. The Morgan fingerprint density at radius 1 is 1.13 bits per heavy atom. The molecule has 2 amide bonds. The second-order valence-electron chi connectivity index (χ2n) is 8.23. The zero-order valence-corrected chi connectivity index (χ0v) is 17.3. The van der Waals surface area contributed by atoms with Gasteiger partial charge in [0.1, 0.15) is 5.82 Å². The Morgan fingerprint density at radius 2 is 1.90 bits per heavy atom. The molecule has 31 heavy (non-hydrogen) atoms. The zero-order valence-electron chi connectivity index (χ0n) is 17.3. The van der Waals surface area contributed by atoms with E-state index in [4.69, 9.17) is 4.99 Å². The van der Waals surface area contributed by atoms with Crippen molar-refractivity contribution in [3.05, 3.63) is 65.5 Å². The molecule has 1 fully saturated rings. The number of aliphatic carboxylic acids is 1. The van der Waals surface area contributed by atoms with Crippen molar-refractivity contribution in [1.29, 1.82) is 0 Å². The highest BCUT2D eigenvalue weighted by Gasteiger charge is 2.34. The number of carboxylic acids is 1. The molecule has 2 N–H and O–H groups in total. The highest BCUT2D eigenvalue weighted by Crippen LogP contribution is 2.32. The molecule has 2 aliphatic rings. The van der Waals surface area contributed by atoms with Gasteiger partial charge < -0.3 is 15.3 Å². The van der Waals surface area contributed by atoms with Gasteiger partial charge >= 0.3 is 12.0 Å². The summed E-state index contributed by atoms with van der Waals surface area (Å²) in [6, 6.07) is 13.6. The molecule has 2 heterocycles. The fraction of sp³-hybridized carbons (Fsp3) is 0.375. The van der Waals surface area contributed by atoms with Crippen molar-refractivity contribution in [2.75, 3.05) is 25.0 Å². The van der Waals surface area contributed by atoms with Gasteiger partial charge in [-0.2, -0.15) is 0 Å². The third kappa shape index (κ3) is 5.10. The van der Waals surface area contributed by atoms with Gasteiger partial charge in [0.05, 0.1) is 0 Å². The number of fused-ring (bicyclic) bond motifs is 1. The van der Waals surface area contributed by atoms with Crippen LogP contribution in [0.3, 0.4) is 0 Å². The number of nitrogens with one attached hydrogen (secondary N) is 1. The first-order chi connectivity index (χ1) is 15.0. The van der Waals surface area contributed by atoms with E-state index in [1.807, 2.05) is 12.1 Å². The number of amides is 2. The number of hydrogen-bond acceptors (Lipinski definition) is 3. The van der Waals surface area contributed by atoms with Gasteiger partial charge in [-0.25, -0.2) is 9.18 Å². The number of likely N-dealkylation sites (tertiary alicyclic amines) is 1. The lowest BCUT2D eigenvalue weighted by atomic mass is 9.78. The van der Waals surface area contributed by atoms with Crippen LogP contribution >= 0.6 is 0 Å². The van der Waals surface area contributed by atoms with Crippen LogP contribution in [0.2, 0.25) is 0 Å². The van der Waals surface area contributed by atoms with Crippen LogP contribution in [0, 0.1) is 17.7 Å². The van der Waals surface area contributed by atoms with Gasteiger partial charge in [-0.15, -0.1) is 0 Å². The molecule has 6 nitrogen and oxygen atoms in total. The Labute approximate surface area is 180 Å². The van der Waals surface area contributed by atoms with Crippen LogP contribution in [0.25, 0.3) is 0 Å². The Kier molecular flexibility index (Phi) is 6.30. The number of aliphatic imine (C=N–C) groups is 1. The maximum Gasteiger partial charge on any atom is 0.321 e. The summed E-state index contributed by atoms with van der Waals surface area (Å²) in [6.07, 6.45) is 2.28. The fourth-order valence-corrected chi connectivity index (χ4v) is 4.56. The van der Waals surface area contributed by atoms with Gasteiger partial charge in [0.15, 0.2) is 0 Å². The SMILES string of the molecule is O=C(O)C[C@@H]1CCN(C(=O)Nc2ccc(F)cc2)C[C@@H]1CC1=NCCc2ccccc21. The number of hydrogen-bond donors (Lipinski definition) is 2. The number of carboxylic acid groups (broad SMARTS) is 1. The summed E-state index contributed by atoms with van der Waals surface area (Å²) in [5, 5.41) is 12.2. The van der Waals surface area contributed by atoms with E-state index in [1.165, 1.54) is 29.8 Å². The van der Waals surface area contributed by atoms with Gasteiger partial charge in [0, 0.05) is 37.5 Å². The summed E-state index contributed by atoms with van der Waals surface area (Å²) >= 11 is 0. The molecule has 0 spiro atoms. The molecule has 1 saturated heterocycles. The fourth-order valence-electron chi connectivity index (χ4n) is 4.56. The first-order valence-electron chi connectivity index (χ1n) is 10.6. The minimum absolute atomic E-state index is 0.00808. The lowest BCUT2D eigenvalue weighted by molar-refractivity contribution is -0.138. The van der Waals surface area contributed by atoms with Gasteiger partial charge in [-0.05, 0) is 66.5 Å². The lowest BCUT2D eigenvalue weighted by Crippen LogP contribution is -2.46. The summed E-state index contributed by atoms with van der Waals surface area (Å²) in [7, 11) is 0. The molecule has 162 valence electrons. The van der Waals surface area contributed by atoms with E-state index in [0.29, 0.717) is 31.6 Å². The van der Waals surface area contributed by atoms with Crippen LogP contribution in [0.4, 0.5) is 14.9 Å². The molecule has 2 atom stereocenters. The number of anilines is 1. The van der Waals surface area contributed by atoms with E-state index in [1.54, 1.807) is 4.90 Å². The third-order valence-corrected chi connectivity index (χ3v) is 6.18. The first kappa shape index (κ1) is 21.0. The van der Waals surface area contributed by atoms with Crippen molar-refractivity contribution in [1.82, 2.24) is 4.90 Å². The third-order valence-electron chi connectivity index (χ3n) is 6.18. The van der Waals surface area contributed by atoms with E-state index < -0.39 is 5.97 Å². The van der Waals surface area contributed by atoms with Gasteiger partial charge in [-0.1, -0.05) is 24.3 Å². The molecule has 0 bridgehead atoms. The summed E-state index contributed by atoms with van der Waals surface area (Å²) in [4.78, 5) is 30.7. The smallest absolute Gasteiger partial charge is 0.321 e. The molecule has 7 heteroatoms. The molecule has 4 rings (SSSR count). The molecule has 2 aliphatic heterocycles. The van der Waals surface area contributed by atoms with Gasteiger partial charge in [0.25, 0.3) is 0 Å². The lowest BCUT2D eigenvalue weighted by Gasteiger charge is -2.38. The Morgan fingerprint density at radius 3 is 2.68 bits per heavy atom. The van der Waals surface area contributed by atoms with Crippen LogP contribution in [-0.2, 0) is 11.2 Å². The molecule has 0 radical (unpaired) electrons. The number of halogens is 1. The quantitative estimate of drug-likeness (QED) is 0.756. The Bertz CT molecular complexity index is 990. The molecule has 0 aromatic heterocycles. The van der Waals surface area contributed by atoms with Crippen LogP contribution < -0.4 is 5.32 Å². The summed E-state index contributed by atoms with van der Waals surface area (Å²) in [5.74, 6) is -1.18. The molecule has 0 saturated carbocycles. The highest BCUT2D eigenvalue weighted by molar-refractivity contribution is 6.02. The second kappa shape index (κ2) is 9.29. The van der Waals surface area contributed by atoms with E-state index in [2.05, 4.69) is 17.4 Å². The monoisotopic (exact) mass is 423 g/mol. The maximum atomic E-state index is 13.1. The molecule has 2 aromatic rings. The number of rotatable bonds is 5. The van der Waals surface area contributed by atoms with E-state index in [-0.39, 0.29) is 30.1 Å². The number of urea groups is 1. The number of carbonyl (C=O) groups excluding carboxylic acids is 1. The second-order valence-corrected chi connectivity index (χ2v) is 8.23. The first-order valence-corrected chi connectivity index (χ1v) is 10.6. The van der Waals surface area contributed by atoms with Crippen molar-refractivity contribution in [3.8, 4) is 0 Å².